The molecule has 3 rings (SSSR count). The van der Waals surface area contributed by atoms with Crippen molar-refractivity contribution in [2.45, 2.75) is 38.4 Å². The van der Waals surface area contributed by atoms with Gasteiger partial charge in [-0.15, -0.1) is 0 Å². The molecule has 0 radical (unpaired) electrons. The lowest BCUT2D eigenvalue weighted by Crippen LogP contribution is -2.48. The topological polar surface area (TPSA) is 38.2 Å². The lowest BCUT2D eigenvalue weighted by atomic mass is 10.2. The SMILES string of the molecule is CC1CN(c2ncnc3c2CCC3)CC(CBr)O1. The average molecular weight is 312 g/mol. The summed E-state index contributed by atoms with van der Waals surface area (Å²) in [6.45, 7) is 3.97. The number of halogens is 1. The fourth-order valence-electron chi connectivity index (χ4n) is 2.92. The molecule has 0 spiro atoms. The molecule has 2 heterocycles. The van der Waals surface area contributed by atoms with E-state index in [1.54, 1.807) is 6.33 Å². The molecule has 2 atom stereocenters. The molecule has 1 aromatic heterocycles. The van der Waals surface area contributed by atoms with Crippen molar-refractivity contribution < 1.29 is 4.74 Å². The highest BCUT2D eigenvalue weighted by molar-refractivity contribution is 9.09. The first-order valence-corrected chi connectivity index (χ1v) is 7.69. The molecule has 1 aromatic rings. The predicted molar refractivity (Wildman–Crippen MR) is 74.4 cm³/mol. The van der Waals surface area contributed by atoms with Crippen molar-refractivity contribution >= 4 is 21.7 Å². The zero-order chi connectivity index (χ0) is 12.5. The largest absolute Gasteiger partial charge is 0.371 e. The number of fused-ring (bicyclic) bond motifs is 1. The zero-order valence-electron chi connectivity index (χ0n) is 10.6. The highest BCUT2D eigenvalue weighted by Gasteiger charge is 2.28. The van der Waals surface area contributed by atoms with Crippen LogP contribution in [0.15, 0.2) is 6.33 Å². The van der Waals surface area contributed by atoms with Gasteiger partial charge in [0.05, 0.1) is 12.2 Å². The monoisotopic (exact) mass is 311 g/mol. The quantitative estimate of drug-likeness (QED) is 0.783. The Morgan fingerprint density at radius 1 is 1.39 bits per heavy atom. The van der Waals surface area contributed by atoms with Crippen LogP contribution in [0.3, 0.4) is 0 Å². The van der Waals surface area contributed by atoms with Crippen LogP contribution in [0.2, 0.25) is 0 Å². The van der Waals surface area contributed by atoms with Crippen LogP contribution in [0, 0.1) is 0 Å². The lowest BCUT2D eigenvalue weighted by molar-refractivity contribution is -0.00228. The number of rotatable bonds is 2. The molecule has 18 heavy (non-hydrogen) atoms. The second kappa shape index (κ2) is 5.13. The molecule has 2 unspecified atom stereocenters. The normalized spacial score (nSPS) is 27.3. The van der Waals surface area contributed by atoms with Crippen LogP contribution < -0.4 is 4.90 Å². The Kier molecular flexibility index (Phi) is 3.52. The van der Waals surface area contributed by atoms with E-state index < -0.39 is 0 Å². The van der Waals surface area contributed by atoms with Gasteiger partial charge in [0.15, 0.2) is 0 Å². The molecule has 0 saturated carbocycles. The number of hydrogen-bond donors (Lipinski definition) is 0. The van der Waals surface area contributed by atoms with E-state index in [2.05, 4.69) is 37.7 Å². The summed E-state index contributed by atoms with van der Waals surface area (Å²) in [4.78, 5) is 11.3. The summed E-state index contributed by atoms with van der Waals surface area (Å²) in [5, 5.41) is 0.876. The van der Waals surface area contributed by atoms with Crippen molar-refractivity contribution in [1.82, 2.24) is 9.97 Å². The lowest BCUT2D eigenvalue weighted by Gasteiger charge is -2.37. The van der Waals surface area contributed by atoms with Crippen molar-refractivity contribution in [2.24, 2.45) is 0 Å². The Morgan fingerprint density at radius 3 is 3.11 bits per heavy atom. The molecule has 98 valence electrons. The van der Waals surface area contributed by atoms with Crippen LogP contribution in [0.25, 0.3) is 0 Å². The van der Waals surface area contributed by atoms with E-state index in [0.29, 0.717) is 0 Å². The molecule has 0 N–H and O–H groups in total. The first-order chi connectivity index (χ1) is 8.78. The number of anilines is 1. The number of nitrogens with zero attached hydrogens (tertiary/aromatic N) is 3. The second-order valence-electron chi connectivity index (χ2n) is 5.10. The summed E-state index contributed by atoms with van der Waals surface area (Å²) >= 11 is 3.52. The summed E-state index contributed by atoms with van der Waals surface area (Å²) in [6.07, 6.45) is 5.66. The Balaban J connectivity index is 1.88. The molecular formula is C13H18BrN3O. The average Bonchev–Trinajstić information content (AvgIpc) is 2.85. The van der Waals surface area contributed by atoms with Gasteiger partial charge in [-0.05, 0) is 26.2 Å². The van der Waals surface area contributed by atoms with Crippen LogP contribution in [-0.2, 0) is 17.6 Å². The molecule has 1 fully saturated rings. The minimum atomic E-state index is 0.251. The maximum absolute atomic E-state index is 5.87. The number of alkyl halides is 1. The number of morpholine rings is 1. The van der Waals surface area contributed by atoms with Crippen LogP contribution in [0.5, 0.6) is 0 Å². The molecule has 1 saturated heterocycles. The first-order valence-electron chi connectivity index (χ1n) is 6.57. The standard InChI is InChI=1S/C13H18BrN3O/c1-9-6-17(7-10(5-14)18-9)13-11-3-2-4-12(11)15-8-16-13/h8-10H,2-7H2,1H3. The van der Waals surface area contributed by atoms with E-state index in [1.807, 2.05) is 0 Å². The van der Waals surface area contributed by atoms with E-state index in [9.17, 15) is 0 Å². The third-order valence-electron chi connectivity index (χ3n) is 3.65. The third kappa shape index (κ3) is 2.26. The molecule has 1 aliphatic carbocycles. The zero-order valence-corrected chi connectivity index (χ0v) is 12.2. The second-order valence-corrected chi connectivity index (χ2v) is 5.75. The Labute approximate surface area is 116 Å². The Bertz CT molecular complexity index is 440. The van der Waals surface area contributed by atoms with Crippen LogP contribution >= 0.6 is 15.9 Å². The number of aryl methyl sites for hydroxylation is 1. The maximum Gasteiger partial charge on any atom is 0.135 e. The maximum atomic E-state index is 5.87. The van der Waals surface area contributed by atoms with Crippen molar-refractivity contribution in [2.75, 3.05) is 23.3 Å². The van der Waals surface area contributed by atoms with Crippen molar-refractivity contribution in [3.8, 4) is 0 Å². The summed E-state index contributed by atoms with van der Waals surface area (Å²) in [6, 6.07) is 0. The predicted octanol–water partition coefficient (Wildman–Crippen LogP) is 1.95. The van der Waals surface area contributed by atoms with Crippen molar-refractivity contribution in [1.29, 1.82) is 0 Å². The van der Waals surface area contributed by atoms with Gasteiger partial charge in [0.2, 0.25) is 0 Å². The van der Waals surface area contributed by atoms with Gasteiger partial charge in [0.25, 0.3) is 0 Å². The minimum absolute atomic E-state index is 0.251. The smallest absolute Gasteiger partial charge is 0.135 e. The highest BCUT2D eigenvalue weighted by Crippen LogP contribution is 2.29. The molecule has 0 aromatic carbocycles. The first kappa shape index (κ1) is 12.4. The molecule has 1 aliphatic heterocycles. The van der Waals surface area contributed by atoms with Gasteiger partial charge >= 0.3 is 0 Å². The van der Waals surface area contributed by atoms with Gasteiger partial charge in [-0.1, -0.05) is 15.9 Å². The van der Waals surface area contributed by atoms with Crippen LogP contribution in [0.1, 0.15) is 24.6 Å². The summed E-state index contributed by atoms with van der Waals surface area (Å²) in [7, 11) is 0. The van der Waals surface area contributed by atoms with Gasteiger partial charge in [0.1, 0.15) is 12.1 Å². The van der Waals surface area contributed by atoms with E-state index in [0.717, 1.165) is 37.1 Å². The molecular weight excluding hydrogens is 294 g/mol. The van der Waals surface area contributed by atoms with Gasteiger partial charge in [-0.3, -0.25) is 0 Å². The Hall–Kier alpha value is -0.680. The highest BCUT2D eigenvalue weighted by atomic mass is 79.9. The number of aromatic nitrogens is 2. The fourth-order valence-corrected chi connectivity index (χ4v) is 3.28. The van der Waals surface area contributed by atoms with Crippen molar-refractivity contribution in [3.63, 3.8) is 0 Å². The Morgan fingerprint density at radius 2 is 2.28 bits per heavy atom. The summed E-state index contributed by atoms with van der Waals surface area (Å²) < 4.78 is 5.87. The van der Waals surface area contributed by atoms with Crippen LogP contribution in [0.4, 0.5) is 5.82 Å². The number of hydrogen-bond acceptors (Lipinski definition) is 4. The fraction of sp³-hybridized carbons (Fsp3) is 0.692. The van der Waals surface area contributed by atoms with E-state index in [4.69, 9.17) is 4.74 Å². The molecule has 5 heteroatoms. The van der Waals surface area contributed by atoms with Crippen molar-refractivity contribution in [3.05, 3.63) is 17.6 Å². The minimum Gasteiger partial charge on any atom is -0.371 e. The molecule has 0 amide bonds. The van der Waals surface area contributed by atoms with Gasteiger partial charge in [-0.25, -0.2) is 9.97 Å². The molecule has 0 bridgehead atoms. The summed E-state index contributed by atoms with van der Waals surface area (Å²) in [5.41, 5.74) is 2.61. The molecule has 4 nitrogen and oxygen atoms in total. The van der Waals surface area contributed by atoms with Gasteiger partial charge in [0, 0.05) is 29.7 Å². The third-order valence-corrected chi connectivity index (χ3v) is 4.37. The van der Waals surface area contributed by atoms with E-state index in [1.165, 1.54) is 17.7 Å². The van der Waals surface area contributed by atoms with E-state index >= 15 is 0 Å². The number of ether oxygens (including phenoxy) is 1. The van der Waals surface area contributed by atoms with Crippen LogP contribution in [-0.4, -0.2) is 40.6 Å². The molecule has 2 aliphatic rings. The van der Waals surface area contributed by atoms with Gasteiger partial charge < -0.3 is 9.64 Å². The summed E-state index contributed by atoms with van der Waals surface area (Å²) in [5.74, 6) is 1.14. The van der Waals surface area contributed by atoms with E-state index in [-0.39, 0.29) is 12.2 Å². The van der Waals surface area contributed by atoms with Gasteiger partial charge in [-0.2, -0.15) is 0 Å².